The van der Waals surface area contributed by atoms with E-state index in [1.165, 1.54) is 4.68 Å². The van der Waals surface area contributed by atoms with Crippen LogP contribution in [0.2, 0.25) is 0 Å². The van der Waals surface area contributed by atoms with Crippen molar-refractivity contribution in [3.63, 3.8) is 0 Å². The Balaban J connectivity index is 1.52. The van der Waals surface area contributed by atoms with Crippen LogP contribution < -0.4 is 20.3 Å². The lowest BCUT2D eigenvalue weighted by atomic mass is 9.89. The highest BCUT2D eigenvalue weighted by molar-refractivity contribution is 5.94. The lowest BCUT2D eigenvalue weighted by molar-refractivity contribution is -0.119. The smallest absolute Gasteiger partial charge is 0.271 e. The maximum atomic E-state index is 13.5. The van der Waals surface area contributed by atoms with Gasteiger partial charge in [0.15, 0.2) is 11.5 Å². The Labute approximate surface area is 198 Å². The second-order valence-electron chi connectivity index (χ2n) is 8.90. The van der Waals surface area contributed by atoms with Crippen LogP contribution in [0.1, 0.15) is 48.9 Å². The van der Waals surface area contributed by atoms with Gasteiger partial charge in [-0.25, -0.2) is 4.68 Å². The lowest BCUT2D eigenvalue weighted by Crippen LogP contribution is -2.38. The van der Waals surface area contributed by atoms with Crippen LogP contribution in [0.4, 0.5) is 5.69 Å². The molecular weight excluding hydrogens is 430 g/mol. The van der Waals surface area contributed by atoms with Gasteiger partial charge < -0.3 is 14.8 Å². The molecule has 2 aliphatic rings. The van der Waals surface area contributed by atoms with Crippen LogP contribution >= 0.6 is 0 Å². The fourth-order valence-electron chi connectivity index (χ4n) is 4.73. The largest absolute Gasteiger partial charge is 0.486 e. The Hall–Kier alpha value is -3.61. The molecule has 1 atom stereocenters. The van der Waals surface area contributed by atoms with Crippen molar-refractivity contribution in [2.24, 2.45) is 0 Å². The fraction of sp³-hybridized carbons (Fsp3) is 0.370. The molecule has 2 heterocycles. The average Bonchev–Trinajstić information content (AvgIpc) is 2.86. The van der Waals surface area contributed by atoms with Crippen molar-refractivity contribution in [3.05, 3.63) is 69.5 Å². The first-order valence-electron chi connectivity index (χ1n) is 12.0. The van der Waals surface area contributed by atoms with Gasteiger partial charge in [-0.2, -0.15) is 5.10 Å². The zero-order valence-electron chi connectivity index (χ0n) is 19.6. The molecule has 7 nitrogen and oxygen atoms in total. The minimum absolute atomic E-state index is 0.158. The summed E-state index contributed by atoms with van der Waals surface area (Å²) >= 11 is 0. The lowest BCUT2D eigenvalue weighted by Gasteiger charge is -2.24. The van der Waals surface area contributed by atoms with Crippen LogP contribution in [-0.2, 0) is 17.6 Å². The third kappa shape index (κ3) is 4.18. The van der Waals surface area contributed by atoms with Crippen LogP contribution in [0.15, 0.2) is 47.3 Å². The Morgan fingerprint density at radius 3 is 2.47 bits per heavy atom. The van der Waals surface area contributed by atoms with Gasteiger partial charge in [0.05, 0.1) is 5.69 Å². The number of carbonyl (C=O) groups is 1. The SMILES string of the molecule is CCC(C(=O)Nc1ccc2c(c1)OCCO2)n1nc(-c2ccc(C)cc2)c2c(c1=O)CCCC2. The number of anilines is 1. The van der Waals surface area contributed by atoms with E-state index in [0.29, 0.717) is 36.8 Å². The number of aromatic nitrogens is 2. The number of hydrogen-bond acceptors (Lipinski definition) is 5. The molecule has 34 heavy (non-hydrogen) atoms. The molecule has 7 heteroatoms. The van der Waals surface area contributed by atoms with Crippen LogP contribution in [0, 0.1) is 6.92 Å². The third-order valence-electron chi connectivity index (χ3n) is 6.55. The minimum Gasteiger partial charge on any atom is -0.486 e. The van der Waals surface area contributed by atoms with E-state index < -0.39 is 6.04 Å². The molecule has 1 amide bonds. The molecule has 1 unspecified atom stereocenters. The van der Waals surface area contributed by atoms with Crippen molar-refractivity contribution < 1.29 is 14.3 Å². The number of aryl methyl sites for hydroxylation is 1. The van der Waals surface area contributed by atoms with Gasteiger partial charge in [0, 0.05) is 22.9 Å². The topological polar surface area (TPSA) is 82.4 Å². The van der Waals surface area contributed by atoms with E-state index in [0.717, 1.165) is 53.6 Å². The second-order valence-corrected chi connectivity index (χ2v) is 8.90. The Bertz CT molecular complexity index is 1280. The number of hydrogen-bond donors (Lipinski definition) is 1. The zero-order valence-corrected chi connectivity index (χ0v) is 19.6. The van der Waals surface area contributed by atoms with Crippen molar-refractivity contribution in [3.8, 4) is 22.8 Å². The standard InChI is InChI=1S/C27H29N3O4/c1-3-22(26(31)28-19-12-13-23-24(16-19)34-15-14-33-23)30-27(32)21-7-5-4-6-20(21)25(29-30)18-10-8-17(2)9-11-18/h8-13,16,22H,3-7,14-15H2,1-2H3,(H,28,31). The molecule has 0 radical (unpaired) electrons. The molecule has 0 fully saturated rings. The van der Waals surface area contributed by atoms with E-state index in [1.54, 1.807) is 18.2 Å². The van der Waals surface area contributed by atoms with E-state index in [-0.39, 0.29) is 11.5 Å². The van der Waals surface area contributed by atoms with Crippen LogP contribution in [-0.4, -0.2) is 28.9 Å². The van der Waals surface area contributed by atoms with Crippen LogP contribution in [0.3, 0.4) is 0 Å². The minimum atomic E-state index is -0.725. The molecule has 2 aromatic carbocycles. The zero-order chi connectivity index (χ0) is 23.7. The number of ether oxygens (including phenoxy) is 2. The molecule has 1 N–H and O–H groups in total. The van der Waals surface area contributed by atoms with Crippen molar-refractivity contribution >= 4 is 11.6 Å². The predicted octanol–water partition coefficient (Wildman–Crippen LogP) is 4.46. The van der Waals surface area contributed by atoms with Gasteiger partial charge in [-0.3, -0.25) is 9.59 Å². The Kier molecular flexibility index (Phi) is 6.09. The van der Waals surface area contributed by atoms with Gasteiger partial charge in [-0.05, 0) is 56.7 Å². The summed E-state index contributed by atoms with van der Waals surface area (Å²) in [5.74, 6) is 0.980. The highest BCUT2D eigenvalue weighted by atomic mass is 16.6. The second kappa shape index (κ2) is 9.33. The molecule has 1 aromatic heterocycles. The van der Waals surface area contributed by atoms with E-state index in [1.807, 2.05) is 38.1 Å². The van der Waals surface area contributed by atoms with Gasteiger partial charge in [-0.15, -0.1) is 0 Å². The van der Waals surface area contributed by atoms with E-state index in [9.17, 15) is 9.59 Å². The number of fused-ring (bicyclic) bond motifs is 2. The quantitative estimate of drug-likeness (QED) is 0.609. The molecule has 0 bridgehead atoms. The van der Waals surface area contributed by atoms with E-state index in [2.05, 4.69) is 5.32 Å². The molecule has 1 aliphatic carbocycles. The summed E-state index contributed by atoms with van der Waals surface area (Å²) < 4.78 is 12.6. The molecular formula is C27H29N3O4. The number of carbonyl (C=O) groups excluding carboxylic acids is 1. The monoisotopic (exact) mass is 459 g/mol. The maximum absolute atomic E-state index is 13.5. The van der Waals surface area contributed by atoms with Crippen molar-refractivity contribution in [1.82, 2.24) is 9.78 Å². The molecule has 1 aliphatic heterocycles. The molecule has 5 rings (SSSR count). The highest BCUT2D eigenvalue weighted by Crippen LogP contribution is 2.33. The number of nitrogens with zero attached hydrogens (tertiary/aromatic N) is 2. The summed E-state index contributed by atoms with van der Waals surface area (Å²) in [6.07, 6.45) is 4.01. The Morgan fingerprint density at radius 2 is 1.74 bits per heavy atom. The predicted molar refractivity (Wildman–Crippen MR) is 131 cm³/mol. The van der Waals surface area contributed by atoms with Crippen LogP contribution in [0.5, 0.6) is 11.5 Å². The van der Waals surface area contributed by atoms with Crippen molar-refractivity contribution in [2.75, 3.05) is 18.5 Å². The fourth-order valence-corrected chi connectivity index (χ4v) is 4.73. The van der Waals surface area contributed by atoms with E-state index >= 15 is 0 Å². The van der Waals surface area contributed by atoms with Crippen molar-refractivity contribution in [2.45, 2.75) is 52.0 Å². The molecule has 3 aromatic rings. The average molecular weight is 460 g/mol. The molecule has 0 saturated heterocycles. The summed E-state index contributed by atoms with van der Waals surface area (Å²) in [6, 6.07) is 12.8. The van der Waals surface area contributed by atoms with Gasteiger partial charge >= 0.3 is 0 Å². The normalized spacial score (nSPS) is 15.4. The van der Waals surface area contributed by atoms with E-state index in [4.69, 9.17) is 14.6 Å². The van der Waals surface area contributed by atoms with Crippen LogP contribution in [0.25, 0.3) is 11.3 Å². The number of nitrogens with one attached hydrogen (secondary N) is 1. The third-order valence-corrected chi connectivity index (χ3v) is 6.55. The van der Waals surface area contributed by atoms with Gasteiger partial charge in [0.2, 0.25) is 5.91 Å². The summed E-state index contributed by atoms with van der Waals surface area (Å²) in [6.45, 7) is 4.92. The van der Waals surface area contributed by atoms with Gasteiger partial charge in [-0.1, -0.05) is 36.8 Å². The summed E-state index contributed by atoms with van der Waals surface area (Å²) in [5.41, 5.74) is 5.20. The molecule has 176 valence electrons. The maximum Gasteiger partial charge on any atom is 0.271 e. The Morgan fingerprint density at radius 1 is 1.03 bits per heavy atom. The number of rotatable bonds is 5. The molecule has 0 saturated carbocycles. The van der Waals surface area contributed by atoms with Gasteiger partial charge in [0.1, 0.15) is 19.3 Å². The summed E-state index contributed by atoms with van der Waals surface area (Å²) in [5, 5.41) is 7.73. The highest BCUT2D eigenvalue weighted by Gasteiger charge is 2.27. The number of benzene rings is 2. The van der Waals surface area contributed by atoms with Gasteiger partial charge in [0.25, 0.3) is 5.56 Å². The first-order chi connectivity index (χ1) is 16.5. The first kappa shape index (κ1) is 22.2. The first-order valence-corrected chi connectivity index (χ1v) is 12.0. The van der Waals surface area contributed by atoms with Crippen molar-refractivity contribution in [1.29, 1.82) is 0 Å². The number of amides is 1. The molecule has 0 spiro atoms. The summed E-state index contributed by atoms with van der Waals surface area (Å²) in [7, 11) is 0. The summed E-state index contributed by atoms with van der Waals surface area (Å²) in [4.78, 5) is 26.8.